The number of aliphatic hydroxyl groups excluding tert-OH is 2. The summed E-state index contributed by atoms with van der Waals surface area (Å²) in [4.78, 5) is 48.0. The highest BCUT2D eigenvalue weighted by molar-refractivity contribution is 6.58. The minimum Gasteiger partial charge on any atom is -0.479 e. The van der Waals surface area contributed by atoms with E-state index in [0.29, 0.717) is 48.4 Å². The number of benzene rings is 1. The molecular weight excluding hydrogens is 821 g/mol. The van der Waals surface area contributed by atoms with Crippen molar-refractivity contribution >= 4 is 50.6 Å². The maximum absolute atomic E-state index is 12.9. The predicted molar refractivity (Wildman–Crippen MR) is 232 cm³/mol. The van der Waals surface area contributed by atoms with Crippen molar-refractivity contribution in [3.63, 3.8) is 0 Å². The number of nitrogens with one attached hydrogen (secondary N) is 4. The van der Waals surface area contributed by atoms with E-state index in [0.717, 1.165) is 77.2 Å². The Bertz CT molecular complexity index is 1640. The molecule has 3 aliphatic carbocycles. The number of carbonyl (C=O) groups is 4. The Labute approximate surface area is 369 Å². The van der Waals surface area contributed by atoms with Crippen LogP contribution in [-0.4, -0.2) is 196 Å². The summed E-state index contributed by atoms with van der Waals surface area (Å²) in [5, 5.41) is 81.2. The molecule has 4 unspecified atom stereocenters. The fraction of sp³-hybridized carbons (Fsp3) is 0.750. The van der Waals surface area contributed by atoms with Gasteiger partial charge in [0.2, 0.25) is 11.8 Å². The number of nitrogens with zero attached hydrogens (tertiary/aromatic N) is 2. The number of aliphatic hydroxyl groups is 2. The van der Waals surface area contributed by atoms with E-state index in [9.17, 15) is 29.2 Å². The Kier molecular flexibility index (Phi) is 18.4. The van der Waals surface area contributed by atoms with E-state index < -0.39 is 44.3 Å². The Morgan fingerprint density at radius 3 is 1.83 bits per heavy atom. The van der Waals surface area contributed by atoms with Crippen molar-refractivity contribution in [2.24, 2.45) is 17.3 Å². The van der Waals surface area contributed by atoms with Gasteiger partial charge >= 0.3 is 33.3 Å². The lowest BCUT2D eigenvalue weighted by atomic mass is 9.43. The third-order valence-corrected chi connectivity index (χ3v) is 14.0. The highest BCUT2D eigenvalue weighted by Crippen LogP contribution is 2.66. The molecule has 8 aliphatic rings. The van der Waals surface area contributed by atoms with E-state index >= 15 is 0 Å². The molecule has 63 heavy (non-hydrogen) atoms. The molecule has 0 aromatic heterocycles. The molecule has 10 atom stereocenters. The van der Waals surface area contributed by atoms with Gasteiger partial charge in [0, 0.05) is 38.3 Å². The van der Waals surface area contributed by atoms with Crippen LogP contribution < -0.4 is 26.7 Å². The fourth-order valence-corrected chi connectivity index (χ4v) is 10.1. The average molecular weight is 888 g/mol. The van der Waals surface area contributed by atoms with Crippen molar-refractivity contribution < 1.29 is 69.0 Å². The smallest absolute Gasteiger partial charge is 0.479 e. The third kappa shape index (κ3) is 12.8. The Morgan fingerprint density at radius 1 is 0.810 bits per heavy atom. The Morgan fingerprint density at radius 2 is 1.35 bits per heavy atom. The first-order valence-electron chi connectivity index (χ1n) is 22.2. The predicted octanol–water partition coefficient (Wildman–Crippen LogP) is -3.62. The van der Waals surface area contributed by atoms with E-state index in [2.05, 4.69) is 42.0 Å². The zero-order valence-corrected chi connectivity index (χ0v) is 36.6. The first-order chi connectivity index (χ1) is 29.8. The standard InChI is InChI=1S/C20H34BN3O3.C10H20BN3O3.C6H7BO2.C4H6O6/c1-19(2)13-9-15(19)20(3)16(10-13)26-21(27-20)17-5-4-8-24(17)18(25)12-23-14-6-7-22-11-14;15-10(7-13-8-3-4-12-6-8)14-5-1-2-9(14)11(16)17;8-7(9)6-4-2-1-3-5-6;5-1(3(7)8)2(6)4(9)10/h13-17,22-23H,4-12H2,1-3H3;8-9,12-13,16-17H,1-7H2;1-5,8-9H;1-2,5-6H,(H,7,8)(H,9,10)/t13-,14+,15-,16+,17?,20-;8-,9?;;/m01../s1. The molecular formula is C40H67B3N6O14. The van der Waals surface area contributed by atoms with Crippen molar-refractivity contribution in [2.45, 2.75) is 120 Å². The van der Waals surface area contributed by atoms with Gasteiger partial charge in [-0.3, -0.25) is 9.59 Å². The van der Waals surface area contributed by atoms with Crippen LogP contribution in [0.2, 0.25) is 0 Å². The summed E-state index contributed by atoms with van der Waals surface area (Å²) < 4.78 is 13.1. The number of rotatable bonds is 12. The number of likely N-dealkylation sites (tertiary alicyclic amines) is 2. The maximum atomic E-state index is 12.9. The summed E-state index contributed by atoms with van der Waals surface area (Å²) in [7, 11) is -3.02. The second kappa shape index (κ2) is 22.8. The molecule has 20 nitrogen and oxygen atoms in total. The first kappa shape index (κ1) is 50.8. The van der Waals surface area contributed by atoms with Crippen LogP contribution in [0.15, 0.2) is 30.3 Å². The van der Waals surface area contributed by atoms with Gasteiger partial charge in [-0.15, -0.1) is 0 Å². The van der Waals surface area contributed by atoms with Gasteiger partial charge in [-0.1, -0.05) is 44.2 Å². The van der Waals surface area contributed by atoms with Gasteiger partial charge in [0.15, 0.2) is 12.2 Å². The number of hydrogen-bond acceptors (Lipinski definition) is 16. The monoisotopic (exact) mass is 888 g/mol. The van der Waals surface area contributed by atoms with Crippen LogP contribution in [0, 0.1) is 17.3 Å². The van der Waals surface area contributed by atoms with Crippen molar-refractivity contribution in [1.29, 1.82) is 0 Å². The van der Waals surface area contributed by atoms with Crippen LogP contribution in [0.25, 0.3) is 0 Å². The summed E-state index contributed by atoms with van der Waals surface area (Å²) >= 11 is 0. The molecule has 2 bridgehead atoms. The summed E-state index contributed by atoms with van der Waals surface area (Å²) in [6.07, 6.45) is 3.73. The largest absolute Gasteiger partial charge is 0.488 e. The van der Waals surface area contributed by atoms with Crippen LogP contribution in [0.3, 0.4) is 0 Å². The average Bonchev–Trinajstić information content (AvgIpc) is 4.12. The Hall–Kier alpha value is -3.19. The molecule has 1 aromatic carbocycles. The van der Waals surface area contributed by atoms with E-state index in [1.807, 2.05) is 11.0 Å². The molecule has 1 aromatic rings. The van der Waals surface area contributed by atoms with Gasteiger partial charge in [-0.25, -0.2) is 9.59 Å². The summed E-state index contributed by atoms with van der Waals surface area (Å²) in [6.45, 7) is 13.1. The van der Waals surface area contributed by atoms with E-state index in [1.54, 1.807) is 29.2 Å². The zero-order valence-electron chi connectivity index (χ0n) is 36.6. The second-order valence-electron chi connectivity index (χ2n) is 18.3. The number of amides is 2. The minimum atomic E-state index is -2.27. The Balaban J connectivity index is 0.000000177. The van der Waals surface area contributed by atoms with E-state index in [1.165, 1.54) is 6.42 Å². The quantitative estimate of drug-likeness (QED) is 0.0902. The molecule has 350 valence electrons. The third-order valence-electron chi connectivity index (χ3n) is 14.0. The van der Waals surface area contributed by atoms with Crippen molar-refractivity contribution in [2.75, 3.05) is 52.4 Å². The molecule has 9 rings (SSSR count). The molecule has 0 spiro atoms. The van der Waals surface area contributed by atoms with Gasteiger partial charge in [-0.05, 0) is 94.1 Å². The minimum absolute atomic E-state index is 0.0347. The topological polar surface area (TPSA) is 303 Å². The molecule has 0 radical (unpaired) electrons. The van der Waals surface area contributed by atoms with Crippen LogP contribution >= 0.6 is 0 Å². The zero-order chi connectivity index (χ0) is 46.1. The van der Waals surface area contributed by atoms with Crippen molar-refractivity contribution in [1.82, 2.24) is 31.1 Å². The second-order valence-corrected chi connectivity index (χ2v) is 18.3. The highest BCUT2D eigenvalue weighted by atomic mass is 16.7. The number of aliphatic carboxylic acids is 2. The number of carboxylic acid groups (broad SMARTS) is 2. The lowest BCUT2D eigenvalue weighted by Gasteiger charge is -2.64. The molecule has 23 heteroatoms. The van der Waals surface area contributed by atoms with Gasteiger partial charge in [0.25, 0.3) is 0 Å². The van der Waals surface area contributed by atoms with Crippen LogP contribution in [0.5, 0.6) is 0 Å². The van der Waals surface area contributed by atoms with Crippen LogP contribution in [0.4, 0.5) is 0 Å². The van der Waals surface area contributed by atoms with E-state index in [4.69, 9.17) is 39.8 Å². The van der Waals surface area contributed by atoms with Crippen molar-refractivity contribution in [3.8, 4) is 0 Å². The van der Waals surface area contributed by atoms with Gasteiger partial charge in [-0.2, -0.15) is 0 Å². The van der Waals surface area contributed by atoms with Gasteiger partial charge in [0.05, 0.1) is 36.7 Å². The lowest BCUT2D eigenvalue weighted by molar-refractivity contribution is -0.199. The van der Waals surface area contributed by atoms with E-state index in [-0.39, 0.29) is 43.1 Å². The molecule has 3 saturated carbocycles. The number of carboxylic acids is 2. The molecule has 12 N–H and O–H groups in total. The van der Waals surface area contributed by atoms with Crippen LogP contribution in [-0.2, 0) is 28.5 Å². The normalized spacial score (nSPS) is 30.9. The fourth-order valence-electron chi connectivity index (χ4n) is 10.1. The maximum Gasteiger partial charge on any atom is 0.488 e. The summed E-state index contributed by atoms with van der Waals surface area (Å²) in [5.41, 5.74) is 0.694. The number of carbonyl (C=O) groups excluding carboxylic acids is 2. The molecule has 8 fully saturated rings. The summed E-state index contributed by atoms with van der Waals surface area (Å²) in [6, 6.07) is 9.44. The van der Waals surface area contributed by atoms with Gasteiger partial charge < -0.3 is 80.9 Å². The molecule has 5 heterocycles. The highest BCUT2D eigenvalue weighted by Gasteiger charge is 2.69. The van der Waals surface area contributed by atoms with Crippen molar-refractivity contribution in [3.05, 3.63) is 30.3 Å². The number of hydrogen-bond donors (Lipinski definition) is 12. The lowest BCUT2D eigenvalue weighted by Crippen LogP contribution is -2.65. The SMILES string of the molecule is CC1(C)[C@@H]2C[C@H]3OB(C4CCCN4C(=O)CN[C@@H]4CCNC4)O[C@@]3(C)[C@H]1C2.O=C(CN[C@@H]1CCNC1)N1CCCC1B(O)O.O=C(O)C(O)C(O)C(=O)O.OB(O)c1ccccc1. The molecule has 2 amide bonds. The molecule has 5 aliphatic heterocycles. The van der Waals surface area contributed by atoms with Crippen LogP contribution in [0.1, 0.15) is 72.1 Å². The van der Waals surface area contributed by atoms with Gasteiger partial charge in [0.1, 0.15) is 0 Å². The summed E-state index contributed by atoms with van der Waals surface area (Å²) in [5.74, 6) is -2.40. The molecule has 5 saturated heterocycles. The first-order valence-corrected chi connectivity index (χ1v) is 22.2.